The monoisotopic (exact) mass is 157 g/mol. The van der Waals surface area contributed by atoms with Gasteiger partial charge in [0.05, 0.1) is 0 Å². The van der Waals surface area contributed by atoms with Crippen LogP contribution >= 0.6 is 12.2 Å². The lowest BCUT2D eigenvalue weighted by atomic mass is 10.2. The van der Waals surface area contributed by atoms with Crippen LogP contribution < -0.4 is 0 Å². The molecule has 1 atom stereocenters. The molecule has 1 aliphatic heterocycles. The summed E-state index contributed by atoms with van der Waals surface area (Å²) in [6.07, 6.45) is 2.08. The van der Waals surface area contributed by atoms with Gasteiger partial charge in [0.1, 0.15) is 6.10 Å². The first kappa shape index (κ1) is 7.66. The van der Waals surface area contributed by atoms with Crippen LogP contribution in [0.4, 0.5) is 0 Å². The Morgan fingerprint density at radius 1 is 1.80 bits per heavy atom. The molecule has 0 amide bonds. The van der Waals surface area contributed by atoms with E-state index in [0.717, 1.165) is 23.6 Å². The van der Waals surface area contributed by atoms with Crippen molar-refractivity contribution in [2.24, 2.45) is 4.99 Å². The third-order valence-electron chi connectivity index (χ3n) is 1.70. The summed E-state index contributed by atoms with van der Waals surface area (Å²) < 4.78 is 5.31. The molecule has 0 bridgehead atoms. The van der Waals surface area contributed by atoms with Crippen molar-refractivity contribution < 1.29 is 4.74 Å². The highest BCUT2D eigenvalue weighted by molar-refractivity contribution is 7.80. The lowest BCUT2D eigenvalue weighted by Crippen LogP contribution is -2.16. The van der Waals surface area contributed by atoms with Crippen LogP contribution in [-0.4, -0.2) is 23.9 Å². The zero-order chi connectivity index (χ0) is 7.56. The molecule has 1 unspecified atom stereocenters. The van der Waals surface area contributed by atoms with E-state index in [4.69, 9.17) is 17.0 Å². The van der Waals surface area contributed by atoms with Gasteiger partial charge in [-0.1, -0.05) is 0 Å². The summed E-state index contributed by atoms with van der Waals surface area (Å²) in [6.45, 7) is 1.97. The lowest BCUT2D eigenvalue weighted by Gasteiger charge is -2.07. The van der Waals surface area contributed by atoms with Gasteiger partial charge in [-0.3, -0.25) is 4.99 Å². The molecule has 1 heterocycles. The lowest BCUT2D eigenvalue weighted by molar-refractivity contribution is 0.293. The fraction of sp³-hybridized carbons (Fsp3) is 0.714. The fourth-order valence-corrected chi connectivity index (χ4v) is 1.20. The second-order valence-electron chi connectivity index (χ2n) is 2.38. The summed E-state index contributed by atoms with van der Waals surface area (Å²) in [6, 6.07) is 0. The molecular weight excluding hydrogens is 146 g/mol. The molecule has 0 saturated carbocycles. The molecule has 56 valence electrons. The predicted octanol–water partition coefficient (Wildman–Crippen LogP) is 1.58. The van der Waals surface area contributed by atoms with E-state index in [1.165, 1.54) is 0 Å². The Hall–Kier alpha value is -0.440. The van der Waals surface area contributed by atoms with Gasteiger partial charge in [0, 0.05) is 19.2 Å². The molecule has 3 heteroatoms. The molecule has 2 nitrogen and oxygen atoms in total. The van der Waals surface area contributed by atoms with Crippen molar-refractivity contribution in [2.45, 2.75) is 25.9 Å². The van der Waals surface area contributed by atoms with Crippen LogP contribution in [-0.2, 0) is 4.74 Å². The summed E-state index contributed by atoms with van der Waals surface area (Å²) in [7, 11) is 1.78. The van der Waals surface area contributed by atoms with Crippen LogP contribution in [0.25, 0.3) is 0 Å². The normalized spacial score (nSPS) is 26.8. The third-order valence-corrected chi connectivity index (χ3v) is 2.00. The van der Waals surface area contributed by atoms with E-state index in [2.05, 4.69) is 4.99 Å². The van der Waals surface area contributed by atoms with Gasteiger partial charge in [-0.05, 0) is 25.6 Å². The van der Waals surface area contributed by atoms with E-state index < -0.39 is 0 Å². The zero-order valence-electron chi connectivity index (χ0n) is 6.26. The quantitative estimate of drug-likeness (QED) is 0.426. The fourth-order valence-electron chi connectivity index (χ4n) is 0.964. The first-order valence-corrected chi connectivity index (χ1v) is 3.77. The van der Waals surface area contributed by atoms with E-state index >= 15 is 0 Å². The van der Waals surface area contributed by atoms with Crippen molar-refractivity contribution in [3.05, 3.63) is 0 Å². The van der Waals surface area contributed by atoms with Gasteiger partial charge >= 0.3 is 0 Å². The molecule has 0 spiro atoms. The smallest absolute Gasteiger partial charge is 0.160 e. The Morgan fingerprint density at radius 2 is 2.50 bits per heavy atom. The van der Waals surface area contributed by atoms with Crippen molar-refractivity contribution in [1.82, 2.24) is 0 Å². The summed E-state index contributed by atoms with van der Waals surface area (Å²) in [5.41, 5.74) is 1.04. The maximum absolute atomic E-state index is 5.31. The number of aliphatic imine (C=N–C) groups is 1. The van der Waals surface area contributed by atoms with Crippen molar-refractivity contribution in [1.29, 1.82) is 0 Å². The van der Waals surface area contributed by atoms with Gasteiger partial charge in [0.15, 0.2) is 5.05 Å². The molecule has 0 aliphatic carbocycles. The van der Waals surface area contributed by atoms with Crippen LogP contribution in [0.15, 0.2) is 4.99 Å². The zero-order valence-corrected chi connectivity index (χ0v) is 7.07. The van der Waals surface area contributed by atoms with Gasteiger partial charge < -0.3 is 4.74 Å². The highest BCUT2D eigenvalue weighted by atomic mass is 32.1. The molecule has 1 fully saturated rings. The van der Waals surface area contributed by atoms with Gasteiger partial charge in [-0.2, -0.15) is 0 Å². The number of thiocarbonyl (C=S) groups is 1. The first-order chi connectivity index (χ1) is 4.74. The molecule has 0 aromatic rings. The minimum absolute atomic E-state index is 0.164. The number of nitrogens with zero attached hydrogens (tertiary/aromatic N) is 1. The molecule has 1 saturated heterocycles. The number of rotatable bonds is 1. The Labute approximate surface area is 66.3 Å². The molecule has 1 rings (SSSR count). The van der Waals surface area contributed by atoms with Crippen molar-refractivity contribution in [2.75, 3.05) is 7.05 Å². The van der Waals surface area contributed by atoms with E-state index in [1.807, 2.05) is 6.92 Å². The van der Waals surface area contributed by atoms with E-state index in [-0.39, 0.29) is 6.10 Å². The van der Waals surface area contributed by atoms with Crippen molar-refractivity contribution in [3.8, 4) is 0 Å². The van der Waals surface area contributed by atoms with Crippen molar-refractivity contribution in [3.63, 3.8) is 0 Å². The molecule has 10 heavy (non-hydrogen) atoms. The Morgan fingerprint density at radius 3 is 2.90 bits per heavy atom. The van der Waals surface area contributed by atoms with Crippen LogP contribution in [0.3, 0.4) is 0 Å². The molecule has 0 radical (unpaired) electrons. The maximum atomic E-state index is 5.31. The molecular formula is C7H11NOS. The van der Waals surface area contributed by atoms with E-state index in [0.29, 0.717) is 0 Å². The van der Waals surface area contributed by atoms with Crippen LogP contribution in [0.2, 0.25) is 0 Å². The average Bonchev–Trinajstić information content (AvgIpc) is 2.34. The van der Waals surface area contributed by atoms with Crippen LogP contribution in [0.1, 0.15) is 19.8 Å². The molecule has 1 aliphatic rings. The van der Waals surface area contributed by atoms with Crippen LogP contribution in [0, 0.1) is 0 Å². The first-order valence-electron chi connectivity index (χ1n) is 3.37. The topological polar surface area (TPSA) is 21.6 Å². The SMILES string of the molecule is C/N=C(/C)C1CCC(=S)O1. The van der Waals surface area contributed by atoms with E-state index in [9.17, 15) is 0 Å². The molecule has 0 N–H and O–H groups in total. The second kappa shape index (κ2) is 3.10. The maximum Gasteiger partial charge on any atom is 0.160 e. The summed E-state index contributed by atoms with van der Waals surface area (Å²) >= 11 is 4.89. The van der Waals surface area contributed by atoms with Crippen LogP contribution in [0.5, 0.6) is 0 Å². The van der Waals surface area contributed by atoms with Gasteiger partial charge in [-0.25, -0.2) is 0 Å². The summed E-state index contributed by atoms with van der Waals surface area (Å²) in [5, 5.41) is 0.730. The predicted molar refractivity (Wildman–Crippen MR) is 45.7 cm³/mol. The molecule has 0 aromatic heterocycles. The van der Waals surface area contributed by atoms with Gasteiger partial charge in [-0.15, -0.1) is 0 Å². The number of hydrogen-bond donors (Lipinski definition) is 0. The minimum atomic E-state index is 0.164. The standard InChI is InChI=1S/C7H11NOS/c1-5(8-2)6-3-4-7(10)9-6/h6H,3-4H2,1-2H3/b8-5-. The number of ether oxygens (including phenoxy) is 1. The Bertz CT molecular complexity index is 176. The Balaban J connectivity index is 2.52. The second-order valence-corrected chi connectivity index (χ2v) is 2.84. The number of hydrogen-bond acceptors (Lipinski definition) is 3. The molecule has 0 aromatic carbocycles. The largest absolute Gasteiger partial charge is 0.478 e. The highest BCUT2D eigenvalue weighted by Crippen LogP contribution is 2.16. The minimum Gasteiger partial charge on any atom is -0.478 e. The highest BCUT2D eigenvalue weighted by Gasteiger charge is 2.22. The van der Waals surface area contributed by atoms with Gasteiger partial charge in [0.25, 0.3) is 0 Å². The van der Waals surface area contributed by atoms with Gasteiger partial charge in [0.2, 0.25) is 0 Å². The van der Waals surface area contributed by atoms with Crippen molar-refractivity contribution >= 4 is 23.0 Å². The van der Waals surface area contributed by atoms with E-state index in [1.54, 1.807) is 7.05 Å². The Kier molecular flexibility index (Phi) is 2.38. The summed E-state index contributed by atoms with van der Waals surface area (Å²) in [5.74, 6) is 0. The average molecular weight is 157 g/mol. The third kappa shape index (κ3) is 1.53. The summed E-state index contributed by atoms with van der Waals surface area (Å²) in [4.78, 5) is 4.04.